The molecule has 2 aromatic heterocycles. The Labute approximate surface area is 207 Å². The minimum absolute atomic E-state index is 0.146. The third kappa shape index (κ3) is 5.71. The highest BCUT2D eigenvalue weighted by Crippen LogP contribution is 2.31. The molecule has 0 fully saturated rings. The lowest BCUT2D eigenvalue weighted by Crippen LogP contribution is -2.18. The van der Waals surface area contributed by atoms with Gasteiger partial charge in [0.15, 0.2) is 5.82 Å². The average molecular weight is 539 g/mol. The Morgan fingerprint density at radius 1 is 1.08 bits per heavy atom. The fraction of sp³-hybridized carbons (Fsp3) is 0.167. The van der Waals surface area contributed by atoms with Gasteiger partial charge in [-0.25, -0.2) is 22.2 Å². The molecular formula is C24H18F5N3O4S. The van der Waals surface area contributed by atoms with Crippen molar-refractivity contribution in [3.63, 3.8) is 0 Å². The van der Waals surface area contributed by atoms with Gasteiger partial charge in [-0.3, -0.25) is 9.52 Å². The number of hydrogen-bond acceptors (Lipinski definition) is 5. The van der Waals surface area contributed by atoms with Gasteiger partial charge in [0.05, 0.1) is 17.0 Å². The smallest absolute Gasteiger partial charge is 0.406 e. The van der Waals surface area contributed by atoms with Gasteiger partial charge in [-0.2, -0.15) is 0 Å². The molecule has 0 aliphatic heterocycles. The van der Waals surface area contributed by atoms with Gasteiger partial charge in [0.2, 0.25) is 15.8 Å². The van der Waals surface area contributed by atoms with Gasteiger partial charge in [0.1, 0.15) is 17.2 Å². The fourth-order valence-electron chi connectivity index (χ4n) is 3.66. The molecule has 2 N–H and O–H groups in total. The van der Waals surface area contributed by atoms with Gasteiger partial charge in [-0.1, -0.05) is 19.1 Å². The molecule has 13 heteroatoms. The summed E-state index contributed by atoms with van der Waals surface area (Å²) in [6, 6.07) is 8.05. The summed E-state index contributed by atoms with van der Waals surface area (Å²) < 4.78 is 96.9. The molecule has 0 saturated heterocycles. The Morgan fingerprint density at radius 3 is 2.43 bits per heavy atom. The zero-order valence-corrected chi connectivity index (χ0v) is 19.8. The highest BCUT2D eigenvalue weighted by atomic mass is 32.2. The fourth-order valence-corrected chi connectivity index (χ4v) is 4.79. The van der Waals surface area contributed by atoms with Crippen LogP contribution in [-0.2, 0) is 10.0 Å². The van der Waals surface area contributed by atoms with E-state index in [2.05, 4.69) is 14.7 Å². The molecule has 0 radical (unpaired) electrons. The number of ketones is 1. The maximum absolute atomic E-state index is 15.1. The highest BCUT2D eigenvalue weighted by Gasteiger charge is 2.31. The van der Waals surface area contributed by atoms with Crippen LogP contribution >= 0.6 is 0 Å². The predicted molar refractivity (Wildman–Crippen MR) is 126 cm³/mol. The number of fused-ring (bicyclic) bond motifs is 1. The van der Waals surface area contributed by atoms with Crippen LogP contribution in [0, 0.1) is 11.6 Å². The van der Waals surface area contributed by atoms with Crippen molar-refractivity contribution >= 4 is 32.5 Å². The summed E-state index contributed by atoms with van der Waals surface area (Å²) in [5.41, 5.74) is -0.623. The van der Waals surface area contributed by atoms with Crippen LogP contribution in [0.1, 0.15) is 29.3 Å². The topological polar surface area (TPSA) is 101 Å². The van der Waals surface area contributed by atoms with Gasteiger partial charge >= 0.3 is 6.36 Å². The Kier molecular flexibility index (Phi) is 6.91. The minimum atomic E-state index is -4.85. The number of nitrogens with zero attached hydrogens (tertiary/aromatic N) is 1. The Hall–Kier alpha value is -4.00. The quantitative estimate of drug-likeness (QED) is 0.218. The van der Waals surface area contributed by atoms with Crippen molar-refractivity contribution in [3.8, 4) is 16.9 Å². The van der Waals surface area contributed by atoms with E-state index >= 15 is 4.39 Å². The van der Waals surface area contributed by atoms with Crippen LogP contribution in [0.2, 0.25) is 0 Å². The van der Waals surface area contributed by atoms with Crippen LogP contribution in [0.25, 0.3) is 22.2 Å². The van der Waals surface area contributed by atoms with Gasteiger partial charge in [-0.05, 0) is 42.3 Å². The molecule has 194 valence electrons. The molecular weight excluding hydrogens is 521 g/mol. The molecule has 2 heterocycles. The largest absolute Gasteiger partial charge is 0.573 e. The first kappa shape index (κ1) is 26.1. The summed E-state index contributed by atoms with van der Waals surface area (Å²) in [7, 11) is -3.91. The molecule has 0 aliphatic carbocycles. The average Bonchev–Trinajstić information content (AvgIpc) is 3.23. The van der Waals surface area contributed by atoms with E-state index in [-0.39, 0.29) is 28.8 Å². The lowest BCUT2D eigenvalue weighted by Gasteiger charge is -2.11. The zero-order valence-electron chi connectivity index (χ0n) is 19.0. The second kappa shape index (κ2) is 9.81. The van der Waals surface area contributed by atoms with E-state index in [4.69, 9.17) is 0 Å². The van der Waals surface area contributed by atoms with Crippen LogP contribution in [-0.4, -0.2) is 36.3 Å². The number of anilines is 1. The second-order valence-electron chi connectivity index (χ2n) is 7.93. The third-order valence-corrected chi connectivity index (χ3v) is 6.73. The van der Waals surface area contributed by atoms with Crippen molar-refractivity contribution in [3.05, 3.63) is 77.6 Å². The SMILES string of the molecule is CCCS(=O)(=O)Nc1ccc(F)c(C(=O)c2c[nH]c3ncc(-c4ccc(OC(F)(F)F)cc4)cc23)c1F. The molecule has 2 aromatic carbocycles. The molecule has 0 bridgehead atoms. The molecule has 4 rings (SSSR count). The van der Waals surface area contributed by atoms with Gasteiger partial charge in [-0.15, -0.1) is 13.2 Å². The number of carbonyl (C=O) groups is 1. The summed E-state index contributed by atoms with van der Waals surface area (Å²) >= 11 is 0. The molecule has 0 amide bonds. The van der Waals surface area contributed by atoms with E-state index in [1.165, 1.54) is 30.6 Å². The van der Waals surface area contributed by atoms with Crippen molar-refractivity contribution < 1.29 is 39.9 Å². The van der Waals surface area contributed by atoms with Crippen LogP contribution in [0.3, 0.4) is 0 Å². The first-order valence-corrected chi connectivity index (χ1v) is 12.4. The summed E-state index contributed by atoms with van der Waals surface area (Å²) in [6.07, 6.45) is -1.99. The maximum atomic E-state index is 15.1. The van der Waals surface area contributed by atoms with Crippen LogP contribution in [0.15, 0.2) is 54.9 Å². The number of aromatic amines is 1. The monoisotopic (exact) mass is 539 g/mol. The van der Waals surface area contributed by atoms with E-state index in [0.29, 0.717) is 11.1 Å². The molecule has 0 aliphatic rings. The van der Waals surface area contributed by atoms with Crippen molar-refractivity contribution in [2.24, 2.45) is 0 Å². The molecule has 0 unspecified atom stereocenters. The first-order valence-electron chi connectivity index (χ1n) is 10.7. The molecule has 37 heavy (non-hydrogen) atoms. The molecule has 0 atom stereocenters. The lowest BCUT2D eigenvalue weighted by molar-refractivity contribution is -0.274. The predicted octanol–water partition coefficient (Wildman–Crippen LogP) is 5.79. The van der Waals surface area contributed by atoms with Crippen molar-refractivity contribution in [2.45, 2.75) is 19.7 Å². The van der Waals surface area contributed by atoms with Crippen molar-refractivity contribution in [2.75, 3.05) is 10.5 Å². The first-order chi connectivity index (χ1) is 17.4. The van der Waals surface area contributed by atoms with Crippen LogP contribution in [0.5, 0.6) is 5.75 Å². The normalized spacial score (nSPS) is 12.1. The maximum Gasteiger partial charge on any atom is 0.573 e. The number of alkyl halides is 3. The number of pyridine rings is 1. The number of H-pyrrole nitrogens is 1. The van der Waals surface area contributed by atoms with E-state index in [9.17, 15) is 30.8 Å². The summed E-state index contributed by atoms with van der Waals surface area (Å²) in [6.45, 7) is 1.61. The number of ether oxygens (including phenoxy) is 1. The Balaban J connectivity index is 1.71. The molecule has 4 aromatic rings. The number of aromatic nitrogens is 2. The number of halogens is 5. The van der Waals surface area contributed by atoms with Gasteiger partial charge in [0, 0.05) is 28.9 Å². The summed E-state index contributed by atoms with van der Waals surface area (Å²) in [5.74, 6) is -4.36. The van der Waals surface area contributed by atoms with Crippen molar-refractivity contribution in [1.82, 2.24) is 9.97 Å². The van der Waals surface area contributed by atoms with Gasteiger partial charge in [0.25, 0.3) is 0 Å². The number of nitrogens with one attached hydrogen (secondary N) is 2. The minimum Gasteiger partial charge on any atom is -0.406 e. The highest BCUT2D eigenvalue weighted by molar-refractivity contribution is 7.92. The Morgan fingerprint density at radius 2 is 1.78 bits per heavy atom. The molecule has 0 saturated carbocycles. The number of benzene rings is 2. The summed E-state index contributed by atoms with van der Waals surface area (Å²) in [5, 5.41) is 0.189. The standard InChI is InChI=1S/C24H18F5N3O4S/c1-2-9-37(34,35)32-19-8-7-18(25)20(21(19)26)22(33)17-12-31-23-16(17)10-14(11-30-23)13-3-5-15(6-4-13)36-24(27,28)29/h3-8,10-12,32H,2,9H2,1H3,(H,30,31). The van der Waals surface area contributed by atoms with Crippen molar-refractivity contribution in [1.29, 1.82) is 0 Å². The van der Waals surface area contributed by atoms with Crippen LogP contribution < -0.4 is 9.46 Å². The van der Waals surface area contributed by atoms with E-state index in [0.717, 1.165) is 24.3 Å². The summed E-state index contributed by atoms with van der Waals surface area (Å²) in [4.78, 5) is 20.1. The number of carbonyl (C=O) groups excluding carboxylic acids is 1. The molecule has 7 nitrogen and oxygen atoms in total. The van der Waals surface area contributed by atoms with E-state index < -0.39 is 50.8 Å². The number of hydrogen-bond donors (Lipinski definition) is 2. The van der Waals surface area contributed by atoms with E-state index in [1.54, 1.807) is 6.92 Å². The van der Waals surface area contributed by atoms with Gasteiger partial charge < -0.3 is 9.72 Å². The van der Waals surface area contributed by atoms with Crippen LogP contribution in [0.4, 0.5) is 27.6 Å². The number of rotatable bonds is 8. The number of sulfonamides is 1. The second-order valence-corrected chi connectivity index (χ2v) is 9.77. The van der Waals surface area contributed by atoms with E-state index in [1.807, 2.05) is 4.72 Å². The third-order valence-electron chi connectivity index (χ3n) is 5.25. The molecule has 0 spiro atoms. The Bertz CT molecular complexity index is 1580. The zero-order chi connectivity index (χ0) is 27.0. The lowest BCUT2D eigenvalue weighted by atomic mass is 10.00.